The number of methoxy groups -OCH3 is 2. The van der Waals surface area contributed by atoms with Crippen LogP contribution in [-0.4, -0.2) is 35.0 Å². The molecule has 2 aromatic heterocycles. The van der Waals surface area contributed by atoms with E-state index in [4.69, 9.17) is 14.5 Å². The summed E-state index contributed by atoms with van der Waals surface area (Å²) in [4.78, 5) is 18.1. The molecule has 2 aromatic carbocycles. The minimum atomic E-state index is -0.782. The Morgan fingerprint density at radius 3 is 2.25 bits per heavy atom. The third-order valence-electron chi connectivity index (χ3n) is 5.56. The fourth-order valence-corrected chi connectivity index (χ4v) is 3.83. The number of anilines is 1. The van der Waals surface area contributed by atoms with Crippen molar-refractivity contribution in [1.29, 1.82) is 0 Å². The Morgan fingerprint density at radius 1 is 1.03 bits per heavy atom. The smallest absolute Gasteiger partial charge is 0.282 e. The molecule has 0 aliphatic carbocycles. The number of aromatic amines is 1. The summed E-state index contributed by atoms with van der Waals surface area (Å²) >= 11 is 0. The molecule has 2 heterocycles. The van der Waals surface area contributed by atoms with Gasteiger partial charge in [-0.3, -0.25) is 9.89 Å². The second-order valence-corrected chi connectivity index (χ2v) is 7.47. The van der Waals surface area contributed by atoms with Crippen molar-refractivity contribution >= 4 is 27.6 Å². The van der Waals surface area contributed by atoms with E-state index in [0.29, 0.717) is 39.1 Å². The van der Waals surface area contributed by atoms with Gasteiger partial charge < -0.3 is 14.8 Å². The van der Waals surface area contributed by atoms with Gasteiger partial charge in [-0.15, -0.1) is 0 Å². The van der Waals surface area contributed by atoms with Gasteiger partial charge in [0.1, 0.15) is 22.8 Å². The first-order valence-corrected chi connectivity index (χ1v) is 10.3. The lowest BCUT2D eigenvalue weighted by Gasteiger charge is -2.17. The Bertz CT molecular complexity index is 1340. The highest BCUT2D eigenvalue weighted by Gasteiger charge is 2.21. The maximum Gasteiger partial charge on any atom is 0.282 e. The van der Waals surface area contributed by atoms with Gasteiger partial charge >= 0.3 is 0 Å². The van der Waals surface area contributed by atoms with Crippen LogP contribution in [0.2, 0.25) is 0 Å². The van der Waals surface area contributed by atoms with Gasteiger partial charge in [-0.1, -0.05) is 13.8 Å². The van der Waals surface area contributed by atoms with Crippen LogP contribution in [0.5, 0.6) is 11.5 Å². The van der Waals surface area contributed by atoms with Gasteiger partial charge in [-0.2, -0.15) is 0 Å². The second-order valence-electron chi connectivity index (χ2n) is 7.47. The number of H-pyrrole nitrogens is 1. The zero-order valence-electron chi connectivity index (χ0n) is 18.3. The van der Waals surface area contributed by atoms with Crippen LogP contribution in [0.15, 0.2) is 35.1 Å². The average Bonchev–Trinajstić information content (AvgIpc) is 3.13. The lowest BCUT2D eigenvalue weighted by molar-refractivity contribution is 0.356. The molecule has 0 fully saturated rings. The first-order valence-electron chi connectivity index (χ1n) is 10.3. The van der Waals surface area contributed by atoms with Crippen LogP contribution in [-0.2, 0) is 0 Å². The van der Waals surface area contributed by atoms with E-state index in [9.17, 15) is 13.6 Å². The number of nitrogens with one attached hydrogen (secondary N) is 2. The van der Waals surface area contributed by atoms with Crippen LogP contribution in [0.3, 0.4) is 0 Å². The molecule has 2 N–H and O–H groups in total. The van der Waals surface area contributed by atoms with Gasteiger partial charge in [0.05, 0.1) is 30.9 Å². The highest BCUT2D eigenvalue weighted by molar-refractivity contribution is 6.08. The maximum atomic E-state index is 13.9. The van der Waals surface area contributed by atoms with Crippen molar-refractivity contribution in [2.45, 2.75) is 32.7 Å². The van der Waals surface area contributed by atoms with Crippen LogP contribution < -0.4 is 20.3 Å². The van der Waals surface area contributed by atoms with Gasteiger partial charge in [0.15, 0.2) is 11.5 Å². The number of hydrogen-bond donors (Lipinski definition) is 2. The van der Waals surface area contributed by atoms with E-state index in [1.54, 1.807) is 12.1 Å². The van der Waals surface area contributed by atoms with Gasteiger partial charge in [0.25, 0.3) is 5.56 Å². The van der Waals surface area contributed by atoms with E-state index in [2.05, 4.69) is 10.4 Å². The van der Waals surface area contributed by atoms with E-state index >= 15 is 0 Å². The summed E-state index contributed by atoms with van der Waals surface area (Å²) in [6.07, 6.45) is 1.66. The van der Waals surface area contributed by atoms with Crippen molar-refractivity contribution in [3.8, 4) is 17.2 Å². The molecule has 0 aliphatic rings. The van der Waals surface area contributed by atoms with Crippen LogP contribution in [0.1, 0.15) is 26.7 Å². The standard InChI is InChI=1S/C23H24F2N4O3/c1-5-14(6-2)26-22-20-21(16-10-18(31-3)19(32-4)11-17(16)27-22)28-29(23(20)30)15-8-12(24)7-13(25)9-15/h7-11,14,28H,5-6H2,1-4H3,(H,26,27). The summed E-state index contributed by atoms with van der Waals surface area (Å²) in [6.45, 7) is 4.08. The Morgan fingerprint density at radius 2 is 1.66 bits per heavy atom. The van der Waals surface area contributed by atoms with Gasteiger partial charge in [0, 0.05) is 23.6 Å². The maximum absolute atomic E-state index is 13.9. The Balaban J connectivity index is 2.08. The molecule has 0 bridgehead atoms. The molecule has 0 spiro atoms. The van der Waals surface area contributed by atoms with Crippen molar-refractivity contribution in [2.24, 2.45) is 0 Å². The van der Waals surface area contributed by atoms with Crippen LogP contribution >= 0.6 is 0 Å². The summed E-state index contributed by atoms with van der Waals surface area (Å²) in [5.41, 5.74) is 0.620. The summed E-state index contributed by atoms with van der Waals surface area (Å²) in [5, 5.41) is 7.26. The molecule has 0 saturated heterocycles. The number of nitrogens with zero attached hydrogens (tertiary/aromatic N) is 2. The molecule has 0 atom stereocenters. The highest BCUT2D eigenvalue weighted by atomic mass is 19.1. The molecule has 0 unspecified atom stereocenters. The topological polar surface area (TPSA) is 81.2 Å². The second kappa shape index (κ2) is 8.49. The van der Waals surface area contributed by atoms with Crippen LogP contribution in [0.4, 0.5) is 14.6 Å². The fraction of sp³-hybridized carbons (Fsp3) is 0.304. The monoisotopic (exact) mass is 442 g/mol. The van der Waals surface area contributed by atoms with E-state index < -0.39 is 17.2 Å². The lowest BCUT2D eigenvalue weighted by Crippen LogP contribution is -2.20. The van der Waals surface area contributed by atoms with Crippen molar-refractivity contribution < 1.29 is 18.3 Å². The number of rotatable bonds is 7. The average molecular weight is 442 g/mol. The molecule has 9 heteroatoms. The number of fused-ring (bicyclic) bond motifs is 3. The normalized spacial score (nSPS) is 11.5. The third-order valence-corrected chi connectivity index (χ3v) is 5.56. The highest BCUT2D eigenvalue weighted by Crippen LogP contribution is 2.36. The molecule has 32 heavy (non-hydrogen) atoms. The summed E-state index contributed by atoms with van der Waals surface area (Å²) in [6, 6.07) is 6.48. The predicted molar refractivity (Wildman–Crippen MR) is 120 cm³/mol. The Labute approximate surface area is 183 Å². The number of benzene rings is 2. The minimum absolute atomic E-state index is 0.0470. The molecule has 0 saturated carbocycles. The lowest BCUT2D eigenvalue weighted by atomic mass is 10.1. The molecule has 168 valence electrons. The van der Waals surface area contributed by atoms with E-state index in [1.165, 1.54) is 14.2 Å². The SMILES string of the molecule is CCC(CC)Nc1nc2cc(OC)c(OC)cc2c2[nH]n(-c3cc(F)cc(F)c3)c(=O)c12. The first-order chi connectivity index (χ1) is 15.4. The van der Waals surface area contributed by atoms with Crippen molar-refractivity contribution in [3.05, 3.63) is 52.3 Å². The fourth-order valence-electron chi connectivity index (χ4n) is 3.83. The zero-order valence-corrected chi connectivity index (χ0v) is 18.3. The minimum Gasteiger partial charge on any atom is -0.493 e. The van der Waals surface area contributed by atoms with Gasteiger partial charge in [0.2, 0.25) is 0 Å². The molecular formula is C23H24F2N4O3. The number of ether oxygens (including phenoxy) is 2. The number of aromatic nitrogens is 3. The largest absolute Gasteiger partial charge is 0.493 e. The molecule has 4 aromatic rings. The number of hydrogen-bond acceptors (Lipinski definition) is 5. The van der Waals surface area contributed by atoms with Gasteiger partial charge in [-0.05, 0) is 31.0 Å². The van der Waals surface area contributed by atoms with Crippen molar-refractivity contribution in [2.75, 3.05) is 19.5 Å². The molecule has 4 rings (SSSR count). The zero-order chi connectivity index (χ0) is 23.0. The predicted octanol–water partition coefficient (Wildman–Crippen LogP) is 4.76. The summed E-state index contributed by atoms with van der Waals surface area (Å²) < 4.78 is 39.6. The van der Waals surface area contributed by atoms with Crippen LogP contribution in [0, 0.1) is 11.6 Å². The summed E-state index contributed by atoms with van der Waals surface area (Å²) in [5.74, 6) is -0.209. The molecule has 7 nitrogen and oxygen atoms in total. The van der Waals surface area contributed by atoms with E-state index in [-0.39, 0.29) is 11.7 Å². The summed E-state index contributed by atoms with van der Waals surface area (Å²) in [7, 11) is 3.04. The quantitative estimate of drug-likeness (QED) is 0.431. The van der Waals surface area contributed by atoms with Gasteiger partial charge in [-0.25, -0.2) is 18.4 Å². The van der Waals surface area contributed by atoms with E-state index in [1.807, 2.05) is 13.8 Å². The molecule has 0 radical (unpaired) electrons. The molecular weight excluding hydrogens is 418 g/mol. The van der Waals surface area contributed by atoms with Crippen molar-refractivity contribution in [3.63, 3.8) is 0 Å². The van der Waals surface area contributed by atoms with Crippen molar-refractivity contribution in [1.82, 2.24) is 14.8 Å². The molecule has 0 aliphatic heterocycles. The number of halogens is 2. The van der Waals surface area contributed by atoms with E-state index in [0.717, 1.165) is 35.7 Å². The number of pyridine rings is 1. The van der Waals surface area contributed by atoms with Crippen LogP contribution in [0.25, 0.3) is 27.5 Å². The Hall–Kier alpha value is -3.62. The third kappa shape index (κ3) is 3.63. The Kier molecular flexibility index (Phi) is 5.73. The first kappa shape index (κ1) is 21.6. The molecule has 0 amide bonds.